The van der Waals surface area contributed by atoms with E-state index < -0.39 is 0 Å². The molecule has 0 atom stereocenters. The van der Waals surface area contributed by atoms with Crippen molar-refractivity contribution >= 4 is 17.4 Å². The quantitative estimate of drug-likeness (QED) is 0.750. The maximum absolute atomic E-state index is 12.1. The molecule has 1 amide bonds. The van der Waals surface area contributed by atoms with Crippen LogP contribution < -0.4 is 10.6 Å². The molecule has 0 unspecified atom stereocenters. The van der Waals surface area contributed by atoms with E-state index in [1.807, 2.05) is 44.2 Å². The van der Waals surface area contributed by atoms with Gasteiger partial charge in [-0.25, -0.2) is 9.97 Å². The molecule has 6 nitrogen and oxygen atoms in total. The fraction of sp³-hybridized carbons (Fsp3) is 0.158. The van der Waals surface area contributed by atoms with Crippen molar-refractivity contribution in [3.8, 4) is 0 Å². The molecule has 25 heavy (non-hydrogen) atoms. The van der Waals surface area contributed by atoms with E-state index in [4.69, 9.17) is 0 Å². The van der Waals surface area contributed by atoms with Gasteiger partial charge >= 0.3 is 0 Å². The number of hydrogen-bond donors (Lipinski definition) is 2. The van der Waals surface area contributed by atoms with Gasteiger partial charge in [-0.15, -0.1) is 0 Å². The first-order valence-corrected chi connectivity index (χ1v) is 7.95. The Balaban J connectivity index is 1.62. The highest BCUT2D eigenvalue weighted by Crippen LogP contribution is 2.17. The fourth-order valence-electron chi connectivity index (χ4n) is 2.47. The van der Waals surface area contributed by atoms with Crippen LogP contribution in [-0.4, -0.2) is 20.9 Å². The lowest BCUT2D eigenvalue weighted by Crippen LogP contribution is -2.24. The number of nitrogens with zero attached hydrogens (tertiary/aromatic N) is 3. The molecule has 2 aromatic heterocycles. The van der Waals surface area contributed by atoms with E-state index in [9.17, 15) is 4.79 Å². The van der Waals surface area contributed by atoms with Gasteiger partial charge in [0.15, 0.2) is 0 Å². The smallest absolute Gasteiger partial charge is 0.271 e. The minimum absolute atomic E-state index is 0.266. The van der Waals surface area contributed by atoms with Gasteiger partial charge in [0.05, 0.1) is 24.6 Å². The first kappa shape index (κ1) is 16.6. The van der Waals surface area contributed by atoms with Crippen molar-refractivity contribution in [2.75, 3.05) is 5.32 Å². The average molecular weight is 333 g/mol. The van der Waals surface area contributed by atoms with Crippen molar-refractivity contribution in [1.29, 1.82) is 0 Å². The van der Waals surface area contributed by atoms with Crippen LogP contribution in [0.4, 0.5) is 11.5 Å². The molecule has 0 spiro atoms. The molecule has 0 saturated heterocycles. The summed E-state index contributed by atoms with van der Waals surface area (Å²) in [5, 5.41) is 5.97. The minimum atomic E-state index is -0.281. The summed E-state index contributed by atoms with van der Waals surface area (Å²) >= 11 is 0. The van der Waals surface area contributed by atoms with Gasteiger partial charge in [-0.1, -0.05) is 12.1 Å². The fourth-order valence-corrected chi connectivity index (χ4v) is 2.47. The molecule has 0 aliphatic heterocycles. The summed E-state index contributed by atoms with van der Waals surface area (Å²) < 4.78 is 0. The highest BCUT2D eigenvalue weighted by molar-refractivity contribution is 5.91. The number of anilines is 2. The number of aromatic nitrogens is 3. The van der Waals surface area contributed by atoms with Gasteiger partial charge in [0.1, 0.15) is 11.5 Å². The van der Waals surface area contributed by atoms with E-state index in [0.29, 0.717) is 12.4 Å². The third-order valence-electron chi connectivity index (χ3n) is 3.53. The van der Waals surface area contributed by atoms with Crippen molar-refractivity contribution in [1.82, 2.24) is 20.3 Å². The van der Waals surface area contributed by atoms with E-state index in [-0.39, 0.29) is 11.6 Å². The van der Waals surface area contributed by atoms with Crippen LogP contribution in [0, 0.1) is 13.8 Å². The lowest BCUT2D eigenvalue weighted by Gasteiger charge is -2.08. The summed E-state index contributed by atoms with van der Waals surface area (Å²) in [4.78, 5) is 24.7. The molecular weight excluding hydrogens is 314 g/mol. The second-order valence-corrected chi connectivity index (χ2v) is 5.79. The summed E-state index contributed by atoms with van der Waals surface area (Å²) in [7, 11) is 0. The van der Waals surface area contributed by atoms with Gasteiger partial charge in [-0.2, -0.15) is 0 Å². The van der Waals surface area contributed by atoms with Gasteiger partial charge in [0, 0.05) is 11.9 Å². The Hall–Kier alpha value is -3.28. The summed E-state index contributed by atoms with van der Waals surface area (Å²) in [5.74, 6) is 0.308. The zero-order valence-electron chi connectivity index (χ0n) is 14.2. The average Bonchev–Trinajstić information content (AvgIpc) is 2.60. The van der Waals surface area contributed by atoms with Gasteiger partial charge in [0.2, 0.25) is 0 Å². The Kier molecular flexibility index (Phi) is 4.99. The Morgan fingerprint density at radius 2 is 1.80 bits per heavy atom. The molecule has 2 N–H and O–H groups in total. The SMILES string of the molecule is Cc1cc(C)cc(Nc2cnc(C(=O)NCc3ccccn3)cn2)c1. The van der Waals surface area contributed by atoms with Crippen molar-refractivity contribution in [2.45, 2.75) is 20.4 Å². The summed E-state index contributed by atoms with van der Waals surface area (Å²) in [5.41, 5.74) is 4.33. The first-order valence-electron chi connectivity index (χ1n) is 7.95. The van der Waals surface area contributed by atoms with Crippen LogP contribution in [0.5, 0.6) is 0 Å². The van der Waals surface area contributed by atoms with Gasteiger partial charge in [0.25, 0.3) is 5.91 Å². The van der Waals surface area contributed by atoms with Gasteiger partial charge < -0.3 is 10.6 Å². The first-order chi connectivity index (χ1) is 12.1. The minimum Gasteiger partial charge on any atom is -0.345 e. The summed E-state index contributed by atoms with van der Waals surface area (Å²) in [6.45, 7) is 4.43. The van der Waals surface area contributed by atoms with Crippen LogP contribution in [0.15, 0.2) is 55.0 Å². The van der Waals surface area contributed by atoms with E-state index in [1.165, 1.54) is 17.3 Å². The Morgan fingerprint density at radius 1 is 1.00 bits per heavy atom. The third-order valence-corrected chi connectivity index (χ3v) is 3.53. The Labute approximate surface area is 146 Å². The van der Waals surface area contributed by atoms with Gasteiger partial charge in [-0.05, 0) is 49.2 Å². The molecule has 2 heterocycles. The summed E-state index contributed by atoms with van der Waals surface area (Å²) in [6.07, 6.45) is 4.70. The molecule has 0 radical (unpaired) electrons. The van der Waals surface area contributed by atoms with Crippen LogP contribution in [-0.2, 0) is 6.54 Å². The molecule has 6 heteroatoms. The zero-order valence-corrected chi connectivity index (χ0v) is 14.2. The highest BCUT2D eigenvalue weighted by atomic mass is 16.1. The van der Waals surface area contributed by atoms with Gasteiger partial charge in [-0.3, -0.25) is 9.78 Å². The number of amides is 1. The van der Waals surface area contributed by atoms with Crippen molar-refractivity contribution < 1.29 is 4.79 Å². The number of rotatable bonds is 5. The van der Waals surface area contributed by atoms with Crippen LogP contribution in [0.2, 0.25) is 0 Å². The number of pyridine rings is 1. The van der Waals surface area contributed by atoms with Crippen molar-refractivity contribution in [2.24, 2.45) is 0 Å². The molecule has 1 aromatic carbocycles. The second kappa shape index (κ2) is 7.53. The van der Waals surface area contributed by atoms with Crippen molar-refractivity contribution in [3.05, 3.63) is 77.5 Å². The maximum atomic E-state index is 12.1. The Bertz CT molecular complexity index is 842. The molecule has 0 aliphatic carbocycles. The molecule has 0 saturated carbocycles. The molecule has 126 valence electrons. The Morgan fingerprint density at radius 3 is 2.44 bits per heavy atom. The molecule has 3 aromatic rings. The van der Waals surface area contributed by atoms with E-state index in [2.05, 4.69) is 31.7 Å². The number of benzene rings is 1. The molecule has 3 rings (SSSR count). The normalized spacial score (nSPS) is 10.3. The number of hydrogen-bond acceptors (Lipinski definition) is 5. The standard InChI is InChI=1S/C19H19N5O/c1-13-7-14(2)9-16(8-13)24-18-12-21-17(11-22-18)19(25)23-10-15-5-3-4-6-20-15/h3-9,11-12H,10H2,1-2H3,(H,22,24)(H,23,25). The zero-order chi connectivity index (χ0) is 17.6. The molecule has 0 aliphatic rings. The predicted octanol–water partition coefficient (Wildman–Crippen LogP) is 3.16. The third kappa shape index (κ3) is 4.60. The van der Waals surface area contributed by atoms with Crippen molar-refractivity contribution in [3.63, 3.8) is 0 Å². The van der Waals surface area contributed by atoms with E-state index in [0.717, 1.165) is 11.4 Å². The number of nitrogens with one attached hydrogen (secondary N) is 2. The van der Waals surface area contributed by atoms with Crippen LogP contribution in [0.1, 0.15) is 27.3 Å². The topological polar surface area (TPSA) is 79.8 Å². The number of carbonyl (C=O) groups excluding carboxylic acids is 1. The summed E-state index contributed by atoms with van der Waals surface area (Å²) in [6, 6.07) is 11.7. The predicted molar refractivity (Wildman–Crippen MR) is 96.6 cm³/mol. The molecule has 0 bridgehead atoms. The highest BCUT2D eigenvalue weighted by Gasteiger charge is 2.08. The number of carbonyl (C=O) groups is 1. The van der Waals surface area contributed by atoms with Crippen LogP contribution in [0.25, 0.3) is 0 Å². The number of aryl methyl sites for hydroxylation is 2. The maximum Gasteiger partial charge on any atom is 0.271 e. The lowest BCUT2D eigenvalue weighted by atomic mass is 10.1. The largest absolute Gasteiger partial charge is 0.345 e. The lowest BCUT2D eigenvalue weighted by molar-refractivity contribution is 0.0945. The van der Waals surface area contributed by atoms with Crippen LogP contribution >= 0.6 is 0 Å². The van der Waals surface area contributed by atoms with Crippen LogP contribution in [0.3, 0.4) is 0 Å². The van der Waals surface area contributed by atoms with E-state index >= 15 is 0 Å². The molecular formula is C19H19N5O. The monoisotopic (exact) mass is 333 g/mol. The molecule has 0 fully saturated rings. The second-order valence-electron chi connectivity index (χ2n) is 5.79. The van der Waals surface area contributed by atoms with E-state index in [1.54, 1.807) is 12.4 Å².